The van der Waals surface area contributed by atoms with Gasteiger partial charge in [-0.25, -0.2) is 4.98 Å². The molecule has 1 atom stereocenters. The lowest BCUT2D eigenvalue weighted by Gasteiger charge is -2.12. The molecule has 0 aliphatic rings. The Balaban J connectivity index is 1.98. The molecule has 0 unspecified atom stereocenters. The summed E-state index contributed by atoms with van der Waals surface area (Å²) in [6.45, 7) is 5.77. The second kappa shape index (κ2) is 5.48. The minimum atomic E-state index is -0.158. The SMILES string of the molecule is Cc1nc(C)c(CC(=O)N[C@@H](C)c2nncn2C)s1. The Kier molecular flexibility index (Phi) is 3.94. The molecule has 0 saturated heterocycles. The summed E-state index contributed by atoms with van der Waals surface area (Å²) in [5.41, 5.74) is 0.934. The van der Waals surface area contributed by atoms with Crippen LogP contribution in [0, 0.1) is 13.8 Å². The number of aryl methyl sites for hydroxylation is 3. The summed E-state index contributed by atoms with van der Waals surface area (Å²) >= 11 is 1.57. The van der Waals surface area contributed by atoms with E-state index in [1.165, 1.54) is 0 Å². The van der Waals surface area contributed by atoms with Gasteiger partial charge in [0.25, 0.3) is 0 Å². The van der Waals surface area contributed by atoms with Crippen LogP contribution in [0.15, 0.2) is 6.33 Å². The third-order valence-corrected chi connectivity index (χ3v) is 3.90. The largest absolute Gasteiger partial charge is 0.346 e. The standard InChI is InChI=1S/C12H17N5OS/c1-7-10(19-9(3)14-7)5-11(18)15-8(2)12-16-13-6-17(12)4/h6,8H,5H2,1-4H3,(H,15,18)/t8-/m0/s1. The number of rotatable bonds is 4. The number of thiazole rings is 1. The fourth-order valence-corrected chi connectivity index (χ4v) is 2.86. The molecular formula is C12H17N5OS. The van der Waals surface area contributed by atoms with Crippen LogP contribution in [0.2, 0.25) is 0 Å². The lowest BCUT2D eigenvalue weighted by Crippen LogP contribution is -2.29. The van der Waals surface area contributed by atoms with Gasteiger partial charge in [-0.2, -0.15) is 0 Å². The molecule has 0 fully saturated rings. The van der Waals surface area contributed by atoms with Crippen molar-refractivity contribution in [1.29, 1.82) is 0 Å². The molecule has 6 nitrogen and oxygen atoms in total. The molecule has 19 heavy (non-hydrogen) atoms. The van der Waals surface area contributed by atoms with Gasteiger partial charge < -0.3 is 9.88 Å². The third kappa shape index (κ3) is 3.17. The lowest BCUT2D eigenvalue weighted by atomic mass is 10.2. The van der Waals surface area contributed by atoms with Gasteiger partial charge in [0, 0.05) is 11.9 Å². The number of carbonyl (C=O) groups is 1. The second-order valence-electron chi connectivity index (χ2n) is 4.51. The van der Waals surface area contributed by atoms with E-state index in [-0.39, 0.29) is 11.9 Å². The van der Waals surface area contributed by atoms with Gasteiger partial charge in [-0.15, -0.1) is 21.5 Å². The van der Waals surface area contributed by atoms with Crippen LogP contribution in [0.3, 0.4) is 0 Å². The fourth-order valence-electron chi connectivity index (χ4n) is 1.92. The van der Waals surface area contributed by atoms with E-state index in [0.717, 1.165) is 21.4 Å². The topological polar surface area (TPSA) is 72.7 Å². The first kappa shape index (κ1) is 13.7. The van der Waals surface area contributed by atoms with Crippen molar-refractivity contribution >= 4 is 17.2 Å². The van der Waals surface area contributed by atoms with E-state index >= 15 is 0 Å². The third-order valence-electron chi connectivity index (χ3n) is 2.83. The first-order valence-corrected chi connectivity index (χ1v) is 6.85. The van der Waals surface area contributed by atoms with Crippen molar-refractivity contribution in [3.8, 4) is 0 Å². The minimum absolute atomic E-state index is 0.0257. The first-order chi connectivity index (χ1) is 8.97. The zero-order valence-electron chi connectivity index (χ0n) is 11.5. The van der Waals surface area contributed by atoms with Gasteiger partial charge >= 0.3 is 0 Å². The van der Waals surface area contributed by atoms with Gasteiger partial charge in [-0.05, 0) is 20.8 Å². The smallest absolute Gasteiger partial charge is 0.225 e. The van der Waals surface area contributed by atoms with Gasteiger partial charge in [0.05, 0.1) is 23.2 Å². The number of aromatic nitrogens is 4. The first-order valence-electron chi connectivity index (χ1n) is 6.03. The number of carbonyl (C=O) groups excluding carboxylic acids is 1. The monoisotopic (exact) mass is 279 g/mol. The molecule has 7 heteroatoms. The van der Waals surface area contributed by atoms with Crippen LogP contribution in [0.4, 0.5) is 0 Å². The predicted molar refractivity (Wildman–Crippen MR) is 72.9 cm³/mol. The molecule has 0 bridgehead atoms. The Labute approximate surface area is 115 Å². The van der Waals surface area contributed by atoms with Crippen LogP contribution in [0.1, 0.15) is 34.4 Å². The van der Waals surface area contributed by atoms with E-state index in [9.17, 15) is 4.79 Å². The van der Waals surface area contributed by atoms with Gasteiger partial charge in [0.2, 0.25) is 5.91 Å². The highest BCUT2D eigenvalue weighted by Gasteiger charge is 2.16. The molecule has 1 N–H and O–H groups in total. The zero-order chi connectivity index (χ0) is 14.0. The second-order valence-corrected chi connectivity index (χ2v) is 5.80. The minimum Gasteiger partial charge on any atom is -0.346 e. The molecule has 0 aromatic carbocycles. The summed E-state index contributed by atoms with van der Waals surface area (Å²) in [4.78, 5) is 17.3. The predicted octanol–water partition coefficient (Wildman–Crippen LogP) is 1.31. The van der Waals surface area contributed by atoms with Crippen molar-refractivity contribution < 1.29 is 4.79 Å². The van der Waals surface area contributed by atoms with Crippen molar-refractivity contribution in [2.45, 2.75) is 33.2 Å². The highest BCUT2D eigenvalue weighted by molar-refractivity contribution is 7.11. The molecule has 0 saturated carbocycles. The molecule has 0 radical (unpaired) electrons. The van der Waals surface area contributed by atoms with Crippen LogP contribution in [0.25, 0.3) is 0 Å². The van der Waals surface area contributed by atoms with Gasteiger partial charge in [0.1, 0.15) is 6.33 Å². The molecule has 2 rings (SSSR count). The van der Waals surface area contributed by atoms with Gasteiger partial charge in [-0.3, -0.25) is 4.79 Å². The summed E-state index contributed by atoms with van der Waals surface area (Å²) in [5, 5.41) is 11.7. The average molecular weight is 279 g/mol. The van der Waals surface area contributed by atoms with E-state index in [4.69, 9.17) is 0 Å². The maximum Gasteiger partial charge on any atom is 0.225 e. The van der Waals surface area contributed by atoms with E-state index in [0.29, 0.717) is 6.42 Å². The summed E-state index contributed by atoms with van der Waals surface area (Å²) < 4.78 is 1.80. The van der Waals surface area contributed by atoms with Crippen LogP contribution >= 0.6 is 11.3 Å². The van der Waals surface area contributed by atoms with E-state index in [2.05, 4.69) is 20.5 Å². The van der Waals surface area contributed by atoms with Crippen LogP contribution in [-0.4, -0.2) is 25.7 Å². The van der Waals surface area contributed by atoms with Gasteiger partial charge in [-0.1, -0.05) is 0 Å². The number of nitrogens with zero attached hydrogens (tertiary/aromatic N) is 4. The van der Waals surface area contributed by atoms with Crippen molar-refractivity contribution in [2.24, 2.45) is 7.05 Å². The number of amides is 1. The molecule has 0 aliphatic carbocycles. The average Bonchev–Trinajstić information content (AvgIpc) is 2.85. The molecule has 0 spiro atoms. The molecule has 2 heterocycles. The summed E-state index contributed by atoms with van der Waals surface area (Å²) in [5.74, 6) is 0.716. The van der Waals surface area contributed by atoms with Crippen LogP contribution in [0.5, 0.6) is 0 Å². The zero-order valence-corrected chi connectivity index (χ0v) is 12.3. The normalized spacial score (nSPS) is 12.4. The van der Waals surface area contributed by atoms with Crippen molar-refractivity contribution in [2.75, 3.05) is 0 Å². The maximum absolute atomic E-state index is 12.0. The number of nitrogens with one attached hydrogen (secondary N) is 1. The molecule has 102 valence electrons. The van der Waals surface area contributed by atoms with Gasteiger partial charge in [0.15, 0.2) is 5.82 Å². The summed E-state index contributed by atoms with van der Waals surface area (Å²) in [6, 6.07) is -0.158. The van der Waals surface area contributed by atoms with Crippen molar-refractivity contribution in [3.63, 3.8) is 0 Å². The Bertz CT molecular complexity index is 589. The molecule has 1 amide bonds. The fraction of sp³-hybridized carbons (Fsp3) is 0.500. The Morgan fingerprint density at radius 1 is 1.53 bits per heavy atom. The molecular weight excluding hydrogens is 262 g/mol. The van der Waals surface area contributed by atoms with Crippen LogP contribution in [-0.2, 0) is 18.3 Å². The highest BCUT2D eigenvalue weighted by Crippen LogP contribution is 2.18. The molecule has 0 aliphatic heterocycles. The quantitative estimate of drug-likeness (QED) is 0.916. The van der Waals surface area contributed by atoms with E-state index in [1.54, 1.807) is 22.2 Å². The lowest BCUT2D eigenvalue weighted by molar-refractivity contribution is -0.121. The van der Waals surface area contributed by atoms with E-state index in [1.807, 2.05) is 27.8 Å². The Morgan fingerprint density at radius 2 is 2.26 bits per heavy atom. The Hall–Kier alpha value is -1.76. The Morgan fingerprint density at radius 3 is 2.79 bits per heavy atom. The van der Waals surface area contributed by atoms with Crippen molar-refractivity contribution in [1.82, 2.24) is 25.1 Å². The maximum atomic E-state index is 12.0. The van der Waals surface area contributed by atoms with E-state index < -0.39 is 0 Å². The highest BCUT2D eigenvalue weighted by atomic mass is 32.1. The van der Waals surface area contributed by atoms with Crippen LogP contribution < -0.4 is 5.32 Å². The molecule has 2 aromatic rings. The number of hydrogen-bond acceptors (Lipinski definition) is 5. The molecule has 2 aromatic heterocycles. The summed E-state index contributed by atoms with van der Waals surface area (Å²) in [7, 11) is 1.86. The summed E-state index contributed by atoms with van der Waals surface area (Å²) in [6.07, 6.45) is 1.98. The number of hydrogen-bond donors (Lipinski definition) is 1. The van der Waals surface area contributed by atoms with Crippen molar-refractivity contribution in [3.05, 3.63) is 27.7 Å².